The van der Waals surface area contributed by atoms with E-state index in [0.717, 1.165) is 13.1 Å². The minimum absolute atomic E-state index is 0.278. The molecule has 114 valence electrons. The summed E-state index contributed by atoms with van der Waals surface area (Å²) in [5.74, 6) is -0.278. The monoisotopic (exact) mass is 444 g/mol. The van der Waals surface area contributed by atoms with E-state index in [1.54, 1.807) is 6.07 Å². The number of thiophene rings is 1. The molecule has 2 aromatic rings. The van der Waals surface area contributed by atoms with Crippen LogP contribution < -0.4 is 4.74 Å². The van der Waals surface area contributed by atoms with Crippen molar-refractivity contribution in [2.24, 2.45) is 0 Å². The molecule has 0 aliphatic heterocycles. The molecule has 21 heavy (non-hydrogen) atoms. The molecule has 0 radical (unpaired) electrons. The highest BCUT2D eigenvalue weighted by molar-refractivity contribution is 9.12. The molecule has 0 saturated carbocycles. The van der Waals surface area contributed by atoms with Gasteiger partial charge in [-0.05, 0) is 55.6 Å². The van der Waals surface area contributed by atoms with Crippen LogP contribution in [0, 0.1) is 0 Å². The first-order chi connectivity index (χ1) is 9.74. The van der Waals surface area contributed by atoms with Crippen LogP contribution in [0.15, 0.2) is 37.9 Å². The number of aliphatic hydroxyl groups excluding tert-OH is 1. The van der Waals surface area contributed by atoms with Gasteiger partial charge in [0.1, 0.15) is 5.75 Å². The Labute approximate surface area is 139 Å². The van der Waals surface area contributed by atoms with Crippen LogP contribution in [0.3, 0.4) is 0 Å². The fourth-order valence-electron chi connectivity index (χ4n) is 1.74. The van der Waals surface area contributed by atoms with E-state index in [9.17, 15) is 18.3 Å². The van der Waals surface area contributed by atoms with Gasteiger partial charge in [0.15, 0.2) is 0 Å². The van der Waals surface area contributed by atoms with E-state index < -0.39 is 12.5 Å². The highest BCUT2D eigenvalue weighted by Gasteiger charge is 2.31. The molecule has 1 aromatic carbocycles. The van der Waals surface area contributed by atoms with Crippen molar-refractivity contribution in [1.29, 1.82) is 0 Å². The molecule has 1 heterocycles. The second-order valence-electron chi connectivity index (χ2n) is 4.19. The smallest absolute Gasteiger partial charge is 0.406 e. The largest absolute Gasteiger partial charge is 0.573 e. The van der Waals surface area contributed by atoms with Crippen molar-refractivity contribution in [3.8, 4) is 5.75 Å². The van der Waals surface area contributed by atoms with E-state index in [2.05, 4.69) is 36.6 Å². The predicted octanol–water partition coefficient (Wildman–Crippen LogP) is 5.45. The number of aliphatic hydroxyl groups is 1. The van der Waals surface area contributed by atoms with Crippen LogP contribution in [0.4, 0.5) is 13.2 Å². The lowest BCUT2D eigenvalue weighted by Gasteiger charge is -2.12. The van der Waals surface area contributed by atoms with Crippen molar-refractivity contribution in [3.05, 3.63) is 49.0 Å². The molecule has 0 spiro atoms. The van der Waals surface area contributed by atoms with Crippen LogP contribution >= 0.6 is 43.2 Å². The fourth-order valence-corrected chi connectivity index (χ4v) is 4.70. The van der Waals surface area contributed by atoms with Gasteiger partial charge in [0.25, 0.3) is 0 Å². The summed E-state index contributed by atoms with van der Waals surface area (Å²) in [6.45, 7) is 0. The van der Waals surface area contributed by atoms with Crippen LogP contribution in [-0.2, 0) is 6.42 Å². The Kier molecular flexibility index (Phi) is 5.34. The van der Waals surface area contributed by atoms with E-state index in [0.29, 0.717) is 12.0 Å². The second kappa shape index (κ2) is 6.68. The SMILES string of the molecule is OC(Cc1ccc(OC(F)(F)F)cc1)c1cc(Br)sc1Br. The number of ether oxygens (including phenoxy) is 1. The third-order valence-electron chi connectivity index (χ3n) is 2.63. The quantitative estimate of drug-likeness (QED) is 0.678. The summed E-state index contributed by atoms with van der Waals surface area (Å²) in [5, 5.41) is 10.2. The molecule has 1 aromatic heterocycles. The lowest BCUT2D eigenvalue weighted by Crippen LogP contribution is -2.17. The first-order valence-corrected chi connectivity index (χ1v) is 8.12. The van der Waals surface area contributed by atoms with Gasteiger partial charge in [-0.1, -0.05) is 12.1 Å². The normalized spacial score (nSPS) is 13.2. The van der Waals surface area contributed by atoms with E-state index in [4.69, 9.17) is 0 Å². The topological polar surface area (TPSA) is 29.5 Å². The Morgan fingerprint density at radius 1 is 1.19 bits per heavy atom. The molecule has 1 atom stereocenters. The molecule has 1 N–H and O–H groups in total. The van der Waals surface area contributed by atoms with Gasteiger partial charge in [0, 0.05) is 12.0 Å². The number of hydrogen-bond donors (Lipinski definition) is 1. The Bertz CT molecular complexity index is 611. The van der Waals surface area contributed by atoms with Crippen LogP contribution in [-0.4, -0.2) is 11.5 Å². The first kappa shape index (κ1) is 16.8. The van der Waals surface area contributed by atoms with Gasteiger partial charge >= 0.3 is 6.36 Å². The Hall–Kier alpha value is -0.570. The zero-order chi connectivity index (χ0) is 15.6. The molecule has 1 unspecified atom stereocenters. The summed E-state index contributed by atoms with van der Waals surface area (Å²) >= 11 is 8.13. The third kappa shape index (κ3) is 4.98. The molecule has 2 nitrogen and oxygen atoms in total. The summed E-state index contributed by atoms with van der Waals surface area (Å²) in [6.07, 6.45) is -5.14. The van der Waals surface area contributed by atoms with E-state index in [-0.39, 0.29) is 5.75 Å². The summed E-state index contributed by atoms with van der Waals surface area (Å²) in [5.41, 5.74) is 1.45. The number of alkyl halides is 3. The average Bonchev–Trinajstić information content (AvgIpc) is 2.69. The fraction of sp³-hybridized carbons (Fsp3) is 0.231. The molecule has 0 aliphatic carbocycles. The maximum absolute atomic E-state index is 12.0. The molecule has 0 aliphatic rings. The maximum atomic E-state index is 12.0. The molecule has 0 saturated heterocycles. The lowest BCUT2D eigenvalue weighted by atomic mass is 10.0. The second-order valence-corrected chi connectivity index (χ2v) is 7.94. The van der Waals surface area contributed by atoms with Crippen molar-refractivity contribution >= 4 is 43.2 Å². The molecule has 0 fully saturated rings. The Morgan fingerprint density at radius 3 is 2.29 bits per heavy atom. The summed E-state index contributed by atoms with van der Waals surface area (Å²) in [4.78, 5) is 0. The standard InChI is InChI=1S/C13H9Br2F3O2S/c14-11-6-9(12(15)21-11)10(19)5-7-1-3-8(4-2-7)20-13(16,17)18/h1-4,6,10,19H,5H2. The third-order valence-corrected chi connectivity index (χ3v) is 5.01. The predicted molar refractivity (Wildman–Crippen MR) is 81.5 cm³/mol. The summed E-state index contributed by atoms with van der Waals surface area (Å²) < 4.78 is 41.6. The molecule has 8 heteroatoms. The van der Waals surface area contributed by atoms with Gasteiger partial charge in [0.05, 0.1) is 13.7 Å². The minimum Gasteiger partial charge on any atom is -0.406 e. The van der Waals surface area contributed by atoms with E-state index in [1.165, 1.54) is 35.6 Å². The molecular formula is C13H9Br2F3O2S. The van der Waals surface area contributed by atoms with Crippen LogP contribution in [0.1, 0.15) is 17.2 Å². The summed E-state index contributed by atoms with van der Waals surface area (Å²) in [6, 6.07) is 7.27. The van der Waals surface area contributed by atoms with Gasteiger partial charge in [-0.3, -0.25) is 0 Å². The van der Waals surface area contributed by atoms with Gasteiger partial charge in [-0.15, -0.1) is 24.5 Å². The number of hydrogen-bond acceptors (Lipinski definition) is 3. The Morgan fingerprint density at radius 2 is 1.81 bits per heavy atom. The van der Waals surface area contributed by atoms with Crippen molar-refractivity contribution in [2.75, 3.05) is 0 Å². The zero-order valence-corrected chi connectivity index (χ0v) is 14.3. The Balaban J connectivity index is 2.05. The zero-order valence-electron chi connectivity index (χ0n) is 10.3. The van der Waals surface area contributed by atoms with Crippen molar-refractivity contribution in [2.45, 2.75) is 18.9 Å². The maximum Gasteiger partial charge on any atom is 0.573 e. The molecular weight excluding hydrogens is 437 g/mol. The van der Waals surface area contributed by atoms with Crippen molar-refractivity contribution < 1.29 is 23.0 Å². The molecule has 0 bridgehead atoms. The van der Waals surface area contributed by atoms with Gasteiger partial charge in [0.2, 0.25) is 0 Å². The first-order valence-electron chi connectivity index (χ1n) is 5.72. The minimum atomic E-state index is -4.70. The van der Waals surface area contributed by atoms with Gasteiger partial charge in [-0.2, -0.15) is 0 Å². The molecule has 0 amide bonds. The van der Waals surface area contributed by atoms with Crippen molar-refractivity contribution in [1.82, 2.24) is 0 Å². The van der Waals surface area contributed by atoms with Crippen LogP contribution in [0.2, 0.25) is 0 Å². The highest BCUT2D eigenvalue weighted by atomic mass is 79.9. The highest BCUT2D eigenvalue weighted by Crippen LogP contribution is 2.36. The van der Waals surface area contributed by atoms with E-state index >= 15 is 0 Å². The average molecular weight is 446 g/mol. The molecule has 2 rings (SSSR count). The lowest BCUT2D eigenvalue weighted by molar-refractivity contribution is -0.274. The number of benzene rings is 1. The van der Waals surface area contributed by atoms with Gasteiger partial charge < -0.3 is 9.84 Å². The van der Waals surface area contributed by atoms with Crippen molar-refractivity contribution in [3.63, 3.8) is 0 Å². The number of halogens is 5. The summed E-state index contributed by atoms with van der Waals surface area (Å²) in [7, 11) is 0. The van der Waals surface area contributed by atoms with E-state index in [1.807, 2.05) is 0 Å². The van der Waals surface area contributed by atoms with Gasteiger partial charge in [-0.25, -0.2) is 0 Å². The number of rotatable bonds is 4. The van der Waals surface area contributed by atoms with Crippen LogP contribution in [0.25, 0.3) is 0 Å². The van der Waals surface area contributed by atoms with Crippen LogP contribution in [0.5, 0.6) is 5.75 Å².